The summed E-state index contributed by atoms with van der Waals surface area (Å²) >= 11 is 0. The number of carbonyl (C=O) groups excluding carboxylic acids is 5. The highest BCUT2D eigenvalue weighted by Gasteiger charge is 2.31. The van der Waals surface area contributed by atoms with E-state index in [1.807, 2.05) is 39.8 Å². The molecule has 59 heavy (non-hydrogen) atoms. The largest absolute Gasteiger partial charge is 0.507 e. The standard InChI is InChI=1S/C44H56N6O9/c1-27(2)19-35(45)40(53)23-33(28(3)4)39(52)17-18-58-32-15-16-38(51)34(22-32)41(54)50-43(56)37(21-31-24-46-26-47-31)48-42(55)36(20-29-11-7-5-8-12-29)49-44(57)59-25-30-13-9-6-10-14-30/h5-16,22,24,26-28,33,35-37,40,51,53H,17-21,23,25,45H2,1-4H3,(H,46,47)(H,48,55)(H,49,57)(H,50,54,56)/t33-,35-,36-,37-,40-/m0/s1. The number of aromatic amines is 1. The predicted octanol–water partition coefficient (Wildman–Crippen LogP) is 4.37. The molecule has 0 aliphatic rings. The van der Waals surface area contributed by atoms with Crippen LogP contribution in [0.2, 0.25) is 0 Å². The fraction of sp³-hybridized carbons (Fsp3) is 0.409. The SMILES string of the molecule is CC(C)C[C@H](N)[C@@H](O)C[C@H](C(=O)CCOc1ccc(O)c(C(=O)NC(=O)[C@H](Cc2cnc[nH]2)NC(=O)[C@H](Cc2ccccc2)NC(=O)OCc2ccccc2)c1)C(C)C. The van der Waals surface area contributed by atoms with Gasteiger partial charge in [0.1, 0.15) is 36.0 Å². The summed E-state index contributed by atoms with van der Waals surface area (Å²) in [6, 6.07) is 18.9. The van der Waals surface area contributed by atoms with E-state index in [1.165, 1.54) is 30.7 Å². The van der Waals surface area contributed by atoms with Gasteiger partial charge in [-0.05, 0) is 54.0 Å². The highest BCUT2D eigenvalue weighted by atomic mass is 16.5. The van der Waals surface area contributed by atoms with E-state index in [0.717, 1.165) is 11.1 Å². The van der Waals surface area contributed by atoms with E-state index < -0.39 is 59.7 Å². The van der Waals surface area contributed by atoms with E-state index in [-0.39, 0.29) is 61.9 Å². The number of aromatic nitrogens is 2. The number of hydrogen-bond acceptors (Lipinski definition) is 11. The van der Waals surface area contributed by atoms with Crippen molar-refractivity contribution in [2.24, 2.45) is 23.5 Å². The number of nitrogens with two attached hydrogens (primary N) is 1. The number of ketones is 1. The van der Waals surface area contributed by atoms with Gasteiger partial charge in [-0.25, -0.2) is 9.78 Å². The number of imidazole rings is 1. The first kappa shape index (κ1) is 45.6. The van der Waals surface area contributed by atoms with Crippen LogP contribution in [0.15, 0.2) is 91.4 Å². The first-order chi connectivity index (χ1) is 28.2. The molecule has 0 radical (unpaired) electrons. The molecule has 8 N–H and O–H groups in total. The molecule has 0 aliphatic carbocycles. The van der Waals surface area contributed by atoms with Crippen LogP contribution >= 0.6 is 0 Å². The molecule has 0 aliphatic heterocycles. The Balaban J connectivity index is 1.42. The second-order valence-corrected chi connectivity index (χ2v) is 15.3. The number of hydrogen-bond donors (Lipinski definition) is 7. The number of imide groups is 1. The summed E-state index contributed by atoms with van der Waals surface area (Å²) < 4.78 is 11.1. The summed E-state index contributed by atoms with van der Waals surface area (Å²) in [5, 5.41) is 28.8. The molecule has 0 unspecified atom stereocenters. The number of alkyl carbamates (subject to hydrolysis) is 1. The molecule has 0 fully saturated rings. The van der Waals surface area contributed by atoms with Crippen LogP contribution < -0.4 is 26.4 Å². The second kappa shape index (κ2) is 22.8. The van der Waals surface area contributed by atoms with Crippen molar-refractivity contribution >= 4 is 29.6 Å². The number of benzene rings is 3. The van der Waals surface area contributed by atoms with Crippen molar-refractivity contribution in [2.75, 3.05) is 6.61 Å². The van der Waals surface area contributed by atoms with Gasteiger partial charge in [0.2, 0.25) is 11.8 Å². The molecular weight excluding hydrogens is 757 g/mol. The number of phenols is 1. The maximum atomic E-state index is 13.8. The van der Waals surface area contributed by atoms with Gasteiger partial charge in [-0.3, -0.25) is 24.5 Å². The molecule has 0 saturated heterocycles. The number of amides is 4. The minimum absolute atomic E-state index is 0.0235. The lowest BCUT2D eigenvalue weighted by Gasteiger charge is -2.26. The summed E-state index contributed by atoms with van der Waals surface area (Å²) in [4.78, 5) is 73.9. The zero-order valence-electron chi connectivity index (χ0n) is 33.9. The number of carbonyl (C=O) groups is 5. The third-order valence-corrected chi connectivity index (χ3v) is 9.73. The molecule has 4 aromatic rings. The van der Waals surface area contributed by atoms with Crippen molar-refractivity contribution in [3.63, 3.8) is 0 Å². The van der Waals surface area contributed by atoms with Crippen LogP contribution in [0.25, 0.3) is 0 Å². The fourth-order valence-electron chi connectivity index (χ4n) is 6.48. The van der Waals surface area contributed by atoms with Crippen LogP contribution in [0.1, 0.15) is 74.1 Å². The molecule has 1 heterocycles. The van der Waals surface area contributed by atoms with E-state index in [2.05, 4.69) is 25.9 Å². The Bertz CT molecular complexity index is 1960. The van der Waals surface area contributed by atoms with Gasteiger partial charge in [0.25, 0.3) is 5.91 Å². The number of phenolic OH excluding ortho intramolecular Hbond substituents is 1. The van der Waals surface area contributed by atoms with E-state index in [9.17, 15) is 34.2 Å². The van der Waals surface area contributed by atoms with Gasteiger partial charge in [-0.15, -0.1) is 0 Å². The molecular formula is C44H56N6O9. The lowest BCUT2D eigenvalue weighted by molar-refractivity contribution is -0.129. The smallest absolute Gasteiger partial charge is 0.408 e. The summed E-state index contributed by atoms with van der Waals surface area (Å²) in [6.07, 6.45) is 2.01. The van der Waals surface area contributed by atoms with Gasteiger partial charge in [0, 0.05) is 43.1 Å². The maximum absolute atomic E-state index is 13.8. The number of aliphatic hydroxyl groups is 1. The van der Waals surface area contributed by atoms with Crippen molar-refractivity contribution in [3.8, 4) is 11.5 Å². The minimum atomic E-state index is -1.34. The van der Waals surface area contributed by atoms with Crippen LogP contribution in [0.4, 0.5) is 4.79 Å². The Labute approximate surface area is 344 Å². The van der Waals surface area contributed by atoms with Crippen LogP contribution in [-0.4, -0.2) is 80.6 Å². The van der Waals surface area contributed by atoms with Crippen LogP contribution in [0.3, 0.4) is 0 Å². The first-order valence-corrected chi connectivity index (χ1v) is 19.8. The first-order valence-electron chi connectivity index (χ1n) is 19.8. The van der Waals surface area contributed by atoms with Crippen molar-refractivity contribution < 1.29 is 43.7 Å². The van der Waals surface area contributed by atoms with Crippen molar-refractivity contribution in [2.45, 2.75) is 90.6 Å². The number of Topliss-reactive ketones (excluding diaryl/α,β-unsaturated/α-hetero) is 1. The molecule has 4 rings (SSSR count). The maximum Gasteiger partial charge on any atom is 0.408 e. The zero-order chi connectivity index (χ0) is 42.9. The van der Waals surface area contributed by atoms with E-state index in [4.69, 9.17) is 15.2 Å². The average molecular weight is 813 g/mol. The quantitative estimate of drug-likeness (QED) is 0.0589. The van der Waals surface area contributed by atoms with Gasteiger partial charge in [0.05, 0.1) is 24.6 Å². The van der Waals surface area contributed by atoms with E-state index >= 15 is 0 Å². The third kappa shape index (κ3) is 15.0. The second-order valence-electron chi connectivity index (χ2n) is 15.3. The summed E-state index contributed by atoms with van der Waals surface area (Å²) in [7, 11) is 0. The minimum Gasteiger partial charge on any atom is -0.507 e. The Morgan fingerprint density at radius 2 is 1.49 bits per heavy atom. The van der Waals surface area contributed by atoms with Crippen molar-refractivity contribution in [1.29, 1.82) is 0 Å². The number of nitrogens with zero attached hydrogens (tertiary/aromatic N) is 1. The monoisotopic (exact) mass is 812 g/mol. The molecule has 5 atom stereocenters. The van der Waals surface area contributed by atoms with E-state index in [0.29, 0.717) is 18.0 Å². The molecule has 4 amide bonds. The highest BCUT2D eigenvalue weighted by molar-refractivity contribution is 6.08. The summed E-state index contributed by atoms with van der Waals surface area (Å²) in [5.41, 5.74) is 7.82. The highest BCUT2D eigenvalue weighted by Crippen LogP contribution is 2.25. The zero-order valence-corrected chi connectivity index (χ0v) is 33.9. The van der Waals surface area contributed by atoms with Crippen molar-refractivity contribution in [3.05, 3.63) is 114 Å². The molecule has 15 heteroatoms. The van der Waals surface area contributed by atoms with Gasteiger partial charge in [0.15, 0.2) is 0 Å². The van der Waals surface area contributed by atoms with Crippen LogP contribution in [0, 0.1) is 17.8 Å². The molecule has 1 aromatic heterocycles. The summed E-state index contributed by atoms with van der Waals surface area (Å²) in [6.45, 7) is 7.77. The number of aromatic hydroxyl groups is 1. The lowest BCUT2D eigenvalue weighted by atomic mass is 9.83. The van der Waals surface area contributed by atoms with E-state index in [1.54, 1.807) is 48.5 Å². The van der Waals surface area contributed by atoms with Gasteiger partial charge >= 0.3 is 6.09 Å². The molecule has 0 bridgehead atoms. The Morgan fingerprint density at radius 1 is 0.831 bits per heavy atom. The van der Waals surface area contributed by atoms with Crippen LogP contribution in [-0.2, 0) is 38.6 Å². The normalized spacial score (nSPS) is 13.8. The van der Waals surface area contributed by atoms with Crippen LogP contribution in [0.5, 0.6) is 11.5 Å². The fourth-order valence-corrected chi connectivity index (χ4v) is 6.48. The number of rotatable bonds is 22. The van der Waals surface area contributed by atoms with Gasteiger partial charge < -0.3 is 41.0 Å². The molecule has 0 saturated carbocycles. The number of aliphatic hydroxyl groups excluding tert-OH is 1. The summed E-state index contributed by atoms with van der Waals surface area (Å²) in [5.74, 6) is -3.18. The lowest BCUT2D eigenvalue weighted by Crippen LogP contribution is -2.55. The average Bonchev–Trinajstić information content (AvgIpc) is 3.72. The Kier molecular flexibility index (Phi) is 17.6. The third-order valence-electron chi connectivity index (χ3n) is 9.73. The number of nitrogens with one attached hydrogen (secondary N) is 4. The topological polar surface area (TPSA) is 235 Å². The number of ether oxygens (including phenoxy) is 2. The molecule has 3 aromatic carbocycles. The number of H-pyrrole nitrogens is 1. The van der Waals surface area contributed by atoms with Crippen molar-refractivity contribution in [1.82, 2.24) is 25.9 Å². The Hall–Kier alpha value is -6.06. The molecule has 0 spiro atoms. The predicted molar refractivity (Wildman–Crippen MR) is 220 cm³/mol. The molecule has 15 nitrogen and oxygen atoms in total. The van der Waals surface area contributed by atoms with Gasteiger partial charge in [-0.1, -0.05) is 88.4 Å². The Morgan fingerprint density at radius 3 is 2.12 bits per heavy atom. The molecule has 316 valence electrons. The van der Waals surface area contributed by atoms with Gasteiger partial charge in [-0.2, -0.15) is 0 Å².